The summed E-state index contributed by atoms with van der Waals surface area (Å²) < 4.78 is 17.8. The molecule has 0 aliphatic carbocycles. The molecular weight excluding hydrogens is 392 g/mol. The molecule has 0 amide bonds. The summed E-state index contributed by atoms with van der Waals surface area (Å²) >= 11 is 0. The van der Waals surface area contributed by atoms with Crippen LogP contribution in [0.1, 0.15) is 45.7 Å². The van der Waals surface area contributed by atoms with Crippen molar-refractivity contribution in [3.8, 4) is 5.75 Å². The van der Waals surface area contributed by atoms with Crippen LogP contribution in [0.25, 0.3) is 0 Å². The predicted octanol–water partition coefficient (Wildman–Crippen LogP) is 6.15. The highest BCUT2D eigenvalue weighted by molar-refractivity contribution is 6.74. The van der Waals surface area contributed by atoms with Crippen LogP contribution in [-0.4, -0.2) is 26.5 Å². The molecule has 2 aromatic carbocycles. The third-order valence-corrected chi connectivity index (χ3v) is 9.94. The Kier molecular flexibility index (Phi) is 8.27. The van der Waals surface area contributed by atoms with Gasteiger partial charge in [0.2, 0.25) is 0 Å². The van der Waals surface area contributed by atoms with Gasteiger partial charge in [-0.1, -0.05) is 63.2 Å². The lowest BCUT2D eigenvalue weighted by atomic mass is 10.1. The van der Waals surface area contributed by atoms with E-state index in [4.69, 9.17) is 13.9 Å². The minimum Gasteiger partial charge on any atom is -0.489 e. The third-order valence-electron chi connectivity index (χ3n) is 5.45. The zero-order valence-electron chi connectivity index (χ0n) is 19.4. The van der Waals surface area contributed by atoms with Crippen LogP contribution >= 0.6 is 0 Å². The second-order valence-electron chi connectivity index (χ2n) is 9.47. The molecule has 0 aliphatic rings. The van der Waals surface area contributed by atoms with Crippen LogP contribution in [0.4, 0.5) is 0 Å². The summed E-state index contributed by atoms with van der Waals surface area (Å²) in [6, 6.07) is 17.9. The lowest BCUT2D eigenvalue weighted by molar-refractivity contribution is -0.156. The Morgan fingerprint density at radius 1 is 0.933 bits per heavy atom. The van der Waals surface area contributed by atoms with Gasteiger partial charge in [0.1, 0.15) is 18.5 Å². The third kappa shape index (κ3) is 7.29. The monoisotopic (exact) mass is 428 g/mol. The first-order chi connectivity index (χ1) is 14.0. The maximum absolute atomic E-state index is 12.7. The molecule has 164 valence electrons. The molecule has 30 heavy (non-hydrogen) atoms. The Balaban J connectivity index is 2.07. The van der Waals surface area contributed by atoms with E-state index in [-0.39, 0.29) is 17.1 Å². The van der Waals surface area contributed by atoms with Gasteiger partial charge in [0.05, 0.1) is 6.10 Å². The fourth-order valence-electron chi connectivity index (χ4n) is 2.69. The zero-order valence-corrected chi connectivity index (χ0v) is 20.4. The molecule has 0 N–H and O–H groups in total. The number of ether oxygens (including phenoxy) is 2. The molecule has 0 saturated carbocycles. The van der Waals surface area contributed by atoms with E-state index in [0.717, 1.165) is 16.9 Å². The normalized spacial score (nSPS) is 13.2. The van der Waals surface area contributed by atoms with E-state index in [1.54, 1.807) is 0 Å². The highest BCUT2D eigenvalue weighted by Crippen LogP contribution is 2.37. The minimum absolute atomic E-state index is 0.0124. The van der Waals surface area contributed by atoms with Crippen molar-refractivity contribution in [2.75, 3.05) is 0 Å². The smallest absolute Gasteiger partial charge is 0.334 e. The summed E-state index contributed by atoms with van der Waals surface area (Å²) in [5.41, 5.74) is 2.15. The number of carbonyl (C=O) groups is 1. The summed E-state index contributed by atoms with van der Waals surface area (Å²) in [6.07, 6.45) is -0.294. The van der Waals surface area contributed by atoms with E-state index in [2.05, 4.69) is 33.9 Å². The van der Waals surface area contributed by atoms with Crippen molar-refractivity contribution in [3.63, 3.8) is 0 Å². The van der Waals surface area contributed by atoms with Crippen molar-refractivity contribution in [1.29, 1.82) is 0 Å². The van der Waals surface area contributed by atoms with Gasteiger partial charge in [0.25, 0.3) is 0 Å². The molecule has 4 nitrogen and oxygen atoms in total. The fourth-order valence-corrected chi connectivity index (χ4v) is 3.93. The van der Waals surface area contributed by atoms with Crippen molar-refractivity contribution in [2.45, 2.75) is 78.0 Å². The molecular formula is C25H36O4Si. The van der Waals surface area contributed by atoms with Gasteiger partial charge in [-0.15, -0.1) is 0 Å². The van der Waals surface area contributed by atoms with E-state index in [1.165, 1.54) is 0 Å². The molecule has 0 heterocycles. The van der Waals surface area contributed by atoms with Crippen LogP contribution in [0, 0.1) is 0 Å². The van der Waals surface area contributed by atoms with Crippen molar-refractivity contribution in [3.05, 3.63) is 65.7 Å². The molecule has 1 atom stereocenters. The number of carbonyl (C=O) groups excluding carboxylic acids is 1. The number of esters is 1. The lowest BCUT2D eigenvalue weighted by Gasteiger charge is -2.38. The maximum Gasteiger partial charge on any atom is 0.334 e. The lowest BCUT2D eigenvalue weighted by Crippen LogP contribution is -2.47. The van der Waals surface area contributed by atoms with Gasteiger partial charge >= 0.3 is 5.97 Å². The highest BCUT2D eigenvalue weighted by Gasteiger charge is 2.41. The second-order valence-corrected chi connectivity index (χ2v) is 14.2. The van der Waals surface area contributed by atoms with Crippen molar-refractivity contribution < 1.29 is 18.7 Å². The summed E-state index contributed by atoms with van der Waals surface area (Å²) in [5, 5.41) is 0.0124. The van der Waals surface area contributed by atoms with Crippen molar-refractivity contribution >= 4 is 14.3 Å². The molecule has 0 fully saturated rings. The van der Waals surface area contributed by atoms with E-state index in [0.29, 0.717) is 13.0 Å². The van der Waals surface area contributed by atoms with E-state index >= 15 is 0 Å². The van der Waals surface area contributed by atoms with Gasteiger partial charge in [-0.3, -0.25) is 0 Å². The number of hydrogen-bond donors (Lipinski definition) is 0. The van der Waals surface area contributed by atoms with Gasteiger partial charge in [-0.2, -0.15) is 0 Å². The topological polar surface area (TPSA) is 44.8 Å². The first-order valence-corrected chi connectivity index (χ1v) is 13.5. The Morgan fingerprint density at radius 2 is 1.53 bits per heavy atom. The van der Waals surface area contributed by atoms with Crippen LogP contribution in [0.2, 0.25) is 18.1 Å². The summed E-state index contributed by atoms with van der Waals surface area (Å²) in [7, 11) is -2.12. The van der Waals surface area contributed by atoms with E-state index < -0.39 is 14.4 Å². The average molecular weight is 429 g/mol. The molecule has 0 bridgehead atoms. The zero-order chi connectivity index (χ0) is 22.4. The summed E-state index contributed by atoms with van der Waals surface area (Å²) in [4.78, 5) is 12.7. The van der Waals surface area contributed by atoms with Gasteiger partial charge in [-0.05, 0) is 55.2 Å². The summed E-state index contributed by atoms with van der Waals surface area (Å²) in [6.45, 7) is 15.1. The van der Waals surface area contributed by atoms with Crippen LogP contribution in [0.5, 0.6) is 5.75 Å². The Hall–Kier alpha value is -2.11. The van der Waals surface area contributed by atoms with Gasteiger partial charge in [-0.25, -0.2) is 4.79 Å². The second kappa shape index (κ2) is 10.3. The van der Waals surface area contributed by atoms with E-state index in [1.807, 2.05) is 68.4 Å². The highest BCUT2D eigenvalue weighted by atomic mass is 28.4. The van der Waals surface area contributed by atoms with Crippen LogP contribution in [-0.2, 0) is 27.0 Å². The van der Waals surface area contributed by atoms with Crippen LogP contribution < -0.4 is 4.74 Å². The summed E-state index contributed by atoms with van der Waals surface area (Å²) in [5.74, 6) is 0.508. The molecule has 2 rings (SSSR count). The van der Waals surface area contributed by atoms with Crippen molar-refractivity contribution in [1.82, 2.24) is 0 Å². The number of rotatable bonds is 9. The number of benzene rings is 2. The standard InChI is InChI=1S/C25H36O4Si/c1-19(2)28-24(26)23(29-30(6,7)25(3,4)5)17-20-13-15-22(16-14-20)27-18-21-11-9-8-10-12-21/h8-16,19,23H,17-18H2,1-7H3/t23-/m0/s1. The van der Waals surface area contributed by atoms with Gasteiger partial charge < -0.3 is 13.9 Å². The molecule has 0 saturated heterocycles. The fraction of sp³-hybridized carbons (Fsp3) is 0.480. The van der Waals surface area contributed by atoms with E-state index in [9.17, 15) is 4.79 Å². The average Bonchev–Trinajstić information content (AvgIpc) is 2.66. The molecule has 0 unspecified atom stereocenters. The Labute approximate surface area is 182 Å². The molecule has 2 aromatic rings. The first-order valence-electron chi connectivity index (χ1n) is 10.6. The van der Waals surface area contributed by atoms with Crippen molar-refractivity contribution in [2.24, 2.45) is 0 Å². The first kappa shape index (κ1) is 24.2. The number of hydrogen-bond acceptors (Lipinski definition) is 4. The molecule has 0 spiro atoms. The molecule has 5 heteroatoms. The van der Waals surface area contributed by atoms with Crippen LogP contribution in [0.3, 0.4) is 0 Å². The van der Waals surface area contributed by atoms with Crippen LogP contribution in [0.15, 0.2) is 54.6 Å². The maximum atomic E-state index is 12.7. The SMILES string of the molecule is CC(C)OC(=O)[C@H](Cc1ccc(OCc2ccccc2)cc1)O[Si](C)(C)C(C)(C)C. The largest absolute Gasteiger partial charge is 0.489 e. The Morgan fingerprint density at radius 3 is 2.07 bits per heavy atom. The van der Waals surface area contributed by atoms with Gasteiger partial charge in [0.15, 0.2) is 8.32 Å². The Bertz CT molecular complexity index is 792. The quantitative estimate of drug-likeness (QED) is 0.355. The molecule has 0 radical (unpaired) electrons. The minimum atomic E-state index is -2.12. The molecule has 0 aliphatic heterocycles. The van der Waals surface area contributed by atoms with Gasteiger partial charge in [0, 0.05) is 6.42 Å². The molecule has 0 aromatic heterocycles. The predicted molar refractivity (Wildman–Crippen MR) is 124 cm³/mol.